The minimum atomic E-state index is -0.341. The van der Waals surface area contributed by atoms with Crippen molar-refractivity contribution in [3.63, 3.8) is 0 Å². The Kier molecular flexibility index (Phi) is 12.3. The second-order valence-electron chi connectivity index (χ2n) is 5.22. The van der Waals surface area contributed by atoms with Gasteiger partial charge in [0.2, 0.25) is 0 Å². The molecule has 4 heteroatoms. The zero-order chi connectivity index (χ0) is 19.1. The molecule has 0 spiro atoms. The first-order chi connectivity index (χ1) is 11.9. The highest BCUT2D eigenvalue weighted by atomic mass is 16.5. The summed E-state index contributed by atoms with van der Waals surface area (Å²) < 4.78 is 9.71. The molecule has 0 heterocycles. The fourth-order valence-corrected chi connectivity index (χ4v) is 1.57. The second-order valence-corrected chi connectivity index (χ2v) is 5.22. The molecule has 0 saturated carbocycles. The molecule has 25 heavy (non-hydrogen) atoms. The Bertz CT molecular complexity index is 614. The molecule has 0 saturated heterocycles. The second kappa shape index (κ2) is 13.8. The van der Waals surface area contributed by atoms with Crippen LogP contribution in [0, 0.1) is 0 Å². The molecule has 0 aromatic heterocycles. The zero-order valence-corrected chi connectivity index (χ0v) is 15.7. The van der Waals surface area contributed by atoms with Crippen molar-refractivity contribution >= 4 is 11.9 Å². The predicted molar refractivity (Wildman–Crippen MR) is 102 cm³/mol. The summed E-state index contributed by atoms with van der Waals surface area (Å²) in [6, 6.07) is 0. The molecule has 0 radical (unpaired) electrons. The minimum absolute atomic E-state index is 0.301. The SMILES string of the molecule is CCOC(=O)C=CC(C)=CC=CC=C(C)C=CC=C(C)C(=O)OCC. The van der Waals surface area contributed by atoms with E-state index in [4.69, 9.17) is 9.47 Å². The van der Waals surface area contributed by atoms with E-state index in [-0.39, 0.29) is 11.9 Å². The average Bonchev–Trinajstić information content (AvgIpc) is 2.57. The number of carbonyl (C=O) groups is 2. The van der Waals surface area contributed by atoms with E-state index in [9.17, 15) is 9.59 Å². The van der Waals surface area contributed by atoms with Crippen LogP contribution in [0.2, 0.25) is 0 Å². The summed E-state index contributed by atoms with van der Waals surface area (Å²) in [6.07, 6.45) is 16.2. The number of ether oxygens (including phenoxy) is 2. The van der Waals surface area contributed by atoms with Gasteiger partial charge in [-0.15, -0.1) is 0 Å². The Balaban J connectivity index is 4.56. The highest BCUT2D eigenvalue weighted by molar-refractivity contribution is 5.88. The normalized spacial score (nSPS) is 13.9. The van der Waals surface area contributed by atoms with Gasteiger partial charge in [0.05, 0.1) is 13.2 Å². The number of hydrogen-bond acceptors (Lipinski definition) is 4. The lowest BCUT2D eigenvalue weighted by Gasteiger charge is -1.99. The molecule has 0 atom stereocenters. The first kappa shape index (κ1) is 22.4. The third-order valence-electron chi connectivity index (χ3n) is 2.90. The van der Waals surface area contributed by atoms with Gasteiger partial charge >= 0.3 is 11.9 Å². The molecule has 0 N–H and O–H groups in total. The van der Waals surface area contributed by atoms with Crippen molar-refractivity contribution in [2.75, 3.05) is 13.2 Å². The van der Waals surface area contributed by atoms with Gasteiger partial charge in [-0.25, -0.2) is 9.59 Å². The van der Waals surface area contributed by atoms with Gasteiger partial charge in [0, 0.05) is 11.6 Å². The maximum Gasteiger partial charge on any atom is 0.333 e. The third kappa shape index (κ3) is 12.5. The van der Waals surface area contributed by atoms with Gasteiger partial charge in [0.1, 0.15) is 0 Å². The van der Waals surface area contributed by atoms with Crippen molar-refractivity contribution in [2.24, 2.45) is 0 Å². The molecule has 4 nitrogen and oxygen atoms in total. The highest BCUT2D eigenvalue weighted by Crippen LogP contribution is 2.01. The summed E-state index contributed by atoms with van der Waals surface area (Å²) in [5, 5.41) is 0. The van der Waals surface area contributed by atoms with Crippen molar-refractivity contribution < 1.29 is 19.1 Å². The van der Waals surface area contributed by atoms with Crippen molar-refractivity contribution in [3.8, 4) is 0 Å². The van der Waals surface area contributed by atoms with Gasteiger partial charge in [-0.2, -0.15) is 0 Å². The molecular formula is C21H28O4. The summed E-state index contributed by atoms with van der Waals surface area (Å²) >= 11 is 0. The molecule has 0 aliphatic heterocycles. The van der Waals surface area contributed by atoms with Gasteiger partial charge in [-0.05, 0) is 34.6 Å². The first-order valence-corrected chi connectivity index (χ1v) is 8.29. The maximum atomic E-state index is 11.4. The lowest BCUT2D eigenvalue weighted by atomic mass is 10.2. The molecule has 0 bridgehead atoms. The minimum Gasteiger partial charge on any atom is -0.463 e. The van der Waals surface area contributed by atoms with E-state index in [1.165, 1.54) is 6.08 Å². The van der Waals surface area contributed by atoms with Crippen molar-refractivity contribution in [1.29, 1.82) is 0 Å². The third-order valence-corrected chi connectivity index (χ3v) is 2.90. The Labute approximate surface area is 150 Å². The van der Waals surface area contributed by atoms with Crippen LogP contribution >= 0.6 is 0 Å². The van der Waals surface area contributed by atoms with E-state index in [0.29, 0.717) is 18.8 Å². The van der Waals surface area contributed by atoms with Gasteiger partial charge < -0.3 is 9.47 Å². The molecule has 0 aromatic carbocycles. The van der Waals surface area contributed by atoms with Crippen LogP contribution in [0.4, 0.5) is 0 Å². The molecule has 136 valence electrons. The quantitative estimate of drug-likeness (QED) is 0.348. The molecule has 0 aliphatic carbocycles. The number of esters is 2. The van der Waals surface area contributed by atoms with Crippen LogP contribution in [0.5, 0.6) is 0 Å². The monoisotopic (exact) mass is 344 g/mol. The topological polar surface area (TPSA) is 52.6 Å². The van der Waals surface area contributed by atoms with Gasteiger partial charge in [-0.3, -0.25) is 0 Å². The van der Waals surface area contributed by atoms with E-state index in [1.54, 1.807) is 32.9 Å². The maximum absolute atomic E-state index is 11.4. The van der Waals surface area contributed by atoms with Crippen LogP contribution < -0.4 is 0 Å². The Morgan fingerprint density at radius 2 is 1.28 bits per heavy atom. The van der Waals surface area contributed by atoms with Gasteiger partial charge in [-0.1, -0.05) is 59.8 Å². The van der Waals surface area contributed by atoms with Crippen LogP contribution in [0.1, 0.15) is 34.6 Å². The number of rotatable bonds is 9. The van der Waals surface area contributed by atoms with Gasteiger partial charge in [0.15, 0.2) is 0 Å². The molecule has 0 unspecified atom stereocenters. The lowest BCUT2D eigenvalue weighted by Crippen LogP contribution is -2.04. The summed E-state index contributed by atoms with van der Waals surface area (Å²) in [4.78, 5) is 22.6. The van der Waals surface area contributed by atoms with Crippen LogP contribution in [-0.2, 0) is 19.1 Å². The standard InChI is InChI=1S/C21H28O4/c1-6-24-20(22)16-15-18(4)12-9-8-11-17(3)13-10-14-19(5)21(23)25-7-2/h8-16H,6-7H2,1-5H3. The molecular weight excluding hydrogens is 316 g/mol. The van der Waals surface area contributed by atoms with Crippen LogP contribution in [0.3, 0.4) is 0 Å². The van der Waals surface area contributed by atoms with Crippen LogP contribution in [-0.4, -0.2) is 25.2 Å². The molecule has 0 fully saturated rings. The van der Waals surface area contributed by atoms with Gasteiger partial charge in [0.25, 0.3) is 0 Å². The summed E-state index contributed by atoms with van der Waals surface area (Å²) in [6.45, 7) is 9.89. The smallest absolute Gasteiger partial charge is 0.333 e. The molecule has 0 amide bonds. The van der Waals surface area contributed by atoms with Crippen LogP contribution in [0.15, 0.2) is 71.4 Å². The molecule has 0 aliphatic rings. The largest absolute Gasteiger partial charge is 0.463 e. The van der Waals surface area contributed by atoms with E-state index < -0.39 is 0 Å². The van der Waals surface area contributed by atoms with E-state index in [2.05, 4.69) is 0 Å². The Morgan fingerprint density at radius 1 is 0.720 bits per heavy atom. The van der Waals surface area contributed by atoms with Crippen LogP contribution in [0.25, 0.3) is 0 Å². The van der Waals surface area contributed by atoms with Crippen molar-refractivity contribution in [3.05, 3.63) is 71.4 Å². The van der Waals surface area contributed by atoms with E-state index >= 15 is 0 Å². The molecule has 0 aromatic rings. The highest BCUT2D eigenvalue weighted by Gasteiger charge is 2.01. The average molecular weight is 344 g/mol. The lowest BCUT2D eigenvalue weighted by molar-refractivity contribution is -0.138. The first-order valence-electron chi connectivity index (χ1n) is 8.29. The van der Waals surface area contributed by atoms with E-state index in [1.807, 2.05) is 50.3 Å². The summed E-state index contributed by atoms with van der Waals surface area (Å²) in [7, 11) is 0. The number of carbonyl (C=O) groups excluding carboxylic acids is 2. The molecule has 0 rings (SSSR count). The fourth-order valence-electron chi connectivity index (χ4n) is 1.57. The summed E-state index contributed by atoms with van der Waals surface area (Å²) in [5.74, 6) is -0.642. The van der Waals surface area contributed by atoms with Crippen molar-refractivity contribution in [2.45, 2.75) is 34.6 Å². The number of hydrogen-bond donors (Lipinski definition) is 0. The number of allylic oxidation sites excluding steroid dienone is 10. The van der Waals surface area contributed by atoms with E-state index in [0.717, 1.165) is 11.1 Å². The fraction of sp³-hybridized carbons (Fsp3) is 0.333. The zero-order valence-electron chi connectivity index (χ0n) is 15.7. The Hall–Kier alpha value is -2.62. The predicted octanol–water partition coefficient (Wildman–Crippen LogP) is 4.62. The van der Waals surface area contributed by atoms with Crippen molar-refractivity contribution in [1.82, 2.24) is 0 Å². The summed E-state index contributed by atoms with van der Waals surface area (Å²) in [5.41, 5.74) is 2.55. The Morgan fingerprint density at radius 3 is 1.84 bits per heavy atom.